The van der Waals surface area contributed by atoms with E-state index in [4.69, 9.17) is 10.00 Å². The van der Waals surface area contributed by atoms with Crippen molar-refractivity contribution >= 4 is 5.82 Å². The van der Waals surface area contributed by atoms with E-state index in [0.29, 0.717) is 23.6 Å². The molecule has 0 amide bonds. The average molecular weight is 360 g/mol. The van der Waals surface area contributed by atoms with E-state index >= 15 is 0 Å². The van der Waals surface area contributed by atoms with Crippen LogP contribution in [0.3, 0.4) is 0 Å². The molecule has 4 saturated heterocycles. The molecule has 2 aromatic rings. The molecule has 4 fully saturated rings. The van der Waals surface area contributed by atoms with Crippen LogP contribution in [0.5, 0.6) is 5.75 Å². The number of fused-ring (bicyclic) bond motifs is 2. The molecule has 3 atom stereocenters. The molecule has 1 aromatic carbocycles. The minimum Gasteiger partial charge on any atom is -0.496 e. The molecule has 0 aliphatic carbocycles. The number of pyridine rings is 1. The van der Waals surface area contributed by atoms with Crippen LogP contribution in [0.4, 0.5) is 5.82 Å². The fourth-order valence-electron chi connectivity index (χ4n) is 5.55. The Bertz CT molecular complexity index is 867. The van der Waals surface area contributed by atoms with Gasteiger partial charge in [0.15, 0.2) is 0 Å². The second kappa shape index (κ2) is 6.54. The van der Waals surface area contributed by atoms with Gasteiger partial charge in [0.1, 0.15) is 17.6 Å². The summed E-state index contributed by atoms with van der Waals surface area (Å²) in [5, 5.41) is 9.09. The highest BCUT2D eigenvalue weighted by molar-refractivity contribution is 5.50. The van der Waals surface area contributed by atoms with Crippen LogP contribution in [-0.4, -0.2) is 48.7 Å². The van der Waals surface area contributed by atoms with Crippen molar-refractivity contribution in [2.45, 2.75) is 30.8 Å². The summed E-state index contributed by atoms with van der Waals surface area (Å²) in [6, 6.07) is 15.5. The maximum atomic E-state index is 9.09. The smallest absolute Gasteiger partial charge is 0.128 e. The summed E-state index contributed by atoms with van der Waals surface area (Å²) < 4.78 is 5.70. The number of hydrogen-bond donors (Lipinski definition) is 0. The van der Waals surface area contributed by atoms with E-state index in [2.05, 4.69) is 39.1 Å². The van der Waals surface area contributed by atoms with E-state index in [9.17, 15) is 0 Å². The fourth-order valence-corrected chi connectivity index (χ4v) is 5.55. The van der Waals surface area contributed by atoms with Gasteiger partial charge in [-0.1, -0.05) is 18.2 Å². The molecule has 1 aromatic heterocycles. The SMILES string of the molecule is COc1ccccc1[C@H]1CN(c2ccc(C#N)cn2)[C@@H]2C3CCN(CC3)[C@H]12. The third-order valence-corrected chi connectivity index (χ3v) is 6.70. The fraction of sp³-hybridized carbons (Fsp3) is 0.455. The monoisotopic (exact) mass is 360 g/mol. The number of nitrogens with zero attached hydrogens (tertiary/aromatic N) is 4. The van der Waals surface area contributed by atoms with Crippen LogP contribution in [0, 0.1) is 17.2 Å². The number of anilines is 1. The van der Waals surface area contributed by atoms with Crippen LogP contribution < -0.4 is 9.64 Å². The first-order valence-electron chi connectivity index (χ1n) is 9.80. The highest BCUT2D eigenvalue weighted by Crippen LogP contribution is 2.49. The molecule has 0 N–H and O–H groups in total. The van der Waals surface area contributed by atoms with Crippen molar-refractivity contribution in [3.63, 3.8) is 0 Å². The van der Waals surface area contributed by atoms with Crippen molar-refractivity contribution < 1.29 is 4.74 Å². The summed E-state index contributed by atoms with van der Waals surface area (Å²) in [5.74, 6) is 3.11. The standard InChI is InChI=1S/C22H24N4O/c1-27-19-5-3-2-4-17(19)18-14-26(20-7-6-15(12-23)13-24-20)21-16-8-10-25(11-9-16)22(18)21/h2-7,13,16,18,21-22H,8-11,14H2,1H3/t18-,21-,22-/m1/s1. The average Bonchev–Trinajstić information content (AvgIpc) is 3.17. The van der Waals surface area contributed by atoms with Gasteiger partial charge in [0.2, 0.25) is 0 Å². The number of hydrogen-bond acceptors (Lipinski definition) is 5. The first-order chi connectivity index (χ1) is 13.3. The van der Waals surface area contributed by atoms with Gasteiger partial charge in [0, 0.05) is 36.3 Å². The molecule has 2 bridgehead atoms. The van der Waals surface area contributed by atoms with E-state index < -0.39 is 0 Å². The molecule has 0 spiro atoms. The van der Waals surface area contributed by atoms with Crippen molar-refractivity contribution in [1.29, 1.82) is 5.26 Å². The van der Waals surface area contributed by atoms with Crippen LogP contribution in [-0.2, 0) is 0 Å². The van der Waals surface area contributed by atoms with Gasteiger partial charge < -0.3 is 9.64 Å². The van der Waals surface area contributed by atoms with Gasteiger partial charge in [0.05, 0.1) is 12.7 Å². The topological polar surface area (TPSA) is 52.4 Å². The molecule has 0 unspecified atom stereocenters. The normalized spacial score (nSPS) is 31.4. The van der Waals surface area contributed by atoms with E-state index in [1.807, 2.05) is 18.2 Å². The Morgan fingerprint density at radius 1 is 1.11 bits per heavy atom. The molecule has 6 rings (SSSR count). The van der Waals surface area contributed by atoms with Gasteiger partial charge in [-0.15, -0.1) is 0 Å². The Kier molecular flexibility index (Phi) is 4.02. The van der Waals surface area contributed by atoms with Crippen LogP contribution in [0.2, 0.25) is 0 Å². The van der Waals surface area contributed by atoms with E-state index in [-0.39, 0.29) is 0 Å². The molecule has 5 heterocycles. The molecular weight excluding hydrogens is 336 g/mol. The molecule has 0 saturated carbocycles. The van der Waals surface area contributed by atoms with Gasteiger partial charge in [-0.2, -0.15) is 5.26 Å². The van der Waals surface area contributed by atoms with Crippen LogP contribution in [0.15, 0.2) is 42.6 Å². The zero-order valence-corrected chi connectivity index (χ0v) is 15.6. The second-order valence-corrected chi connectivity index (χ2v) is 7.87. The number of rotatable bonds is 3. The Balaban J connectivity index is 1.56. The predicted molar refractivity (Wildman–Crippen MR) is 104 cm³/mol. The number of ether oxygens (including phenoxy) is 1. The van der Waals surface area contributed by atoms with Crippen molar-refractivity contribution in [3.8, 4) is 11.8 Å². The van der Waals surface area contributed by atoms with Crippen molar-refractivity contribution in [2.24, 2.45) is 5.92 Å². The maximum Gasteiger partial charge on any atom is 0.128 e. The highest BCUT2D eigenvalue weighted by atomic mass is 16.5. The van der Waals surface area contributed by atoms with Gasteiger partial charge in [0.25, 0.3) is 0 Å². The van der Waals surface area contributed by atoms with Gasteiger partial charge in [-0.3, -0.25) is 4.90 Å². The molecule has 0 radical (unpaired) electrons. The van der Waals surface area contributed by atoms with Gasteiger partial charge >= 0.3 is 0 Å². The molecular formula is C22H24N4O. The van der Waals surface area contributed by atoms with Crippen LogP contribution >= 0.6 is 0 Å². The molecule has 27 heavy (non-hydrogen) atoms. The minimum absolute atomic E-state index is 0.409. The third-order valence-electron chi connectivity index (χ3n) is 6.70. The van der Waals surface area contributed by atoms with Crippen molar-refractivity contribution in [3.05, 3.63) is 53.7 Å². The predicted octanol–water partition coefficient (Wildman–Crippen LogP) is 3.03. The molecule has 5 nitrogen and oxygen atoms in total. The number of nitriles is 1. The molecule has 4 aliphatic rings. The maximum absolute atomic E-state index is 9.09. The molecule has 138 valence electrons. The minimum atomic E-state index is 0.409. The van der Waals surface area contributed by atoms with Crippen LogP contribution in [0.1, 0.15) is 29.9 Å². The number of para-hydroxylation sites is 1. The van der Waals surface area contributed by atoms with E-state index in [1.165, 1.54) is 31.5 Å². The summed E-state index contributed by atoms with van der Waals surface area (Å²) in [6.07, 6.45) is 4.24. The highest BCUT2D eigenvalue weighted by Gasteiger charge is 2.54. The number of piperidine rings is 3. The van der Waals surface area contributed by atoms with Crippen molar-refractivity contribution in [1.82, 2.24) is 9.88 Å². The summed E-state index contributed by atoms with van der Waals surface area (Å²) in [5.41, 5.74) is 1.92. The van der Waals surface area contributed by atoms with E-state index in [0.717, 1.165) is 24.0 Å². The first kappa shape index (κ1) is 16.6. The number of methoxy groups -OCH3 is 1. The van der Waals surface area contributed by atoms with Crippen molar-refractivity contribution in [2.75, 3.05) is 31.6 Å². The Labute approximate surface area is 160 Å². The van der Waals surface area contributed by atoms with Gasteiger partial charge in [-0.25, -0.2) is 4.98 Å². The zero-order valence-electron chi connectivity index (χ0n) is 15.6. The largest absolute Gasteiger partial charge is 0.496 e. The summed E-state index contributed by atoms with van der Waals surface area (Å²) >= 11 is 0. The lowest BCUT2D eigenvalue weighted by Gasteiger charge is -2.51. The number of aromatic nitrogens is 1. The lowest BCUT2D eigenvalue weighted by Crippen LogP contribution is -2.60. The summed E-state index contributed by atoms with van der Waals surface area (Å²) in [4.78, 5) is 9.82. The quantitative estimate of drug-likeness (QED) is 0.842. The second-order valence-electron chi connectivity index (χ2n) is 7.87. The molecule has 4 aliphatic heterocycles. The lowest BCUT2D eigenvalue weighted by atomic mass is 9.75. The Hall–Kier alpha value is -2.58. The summed E-state index contributed by atoms with van der Waals surface area (Å²) in [6.45, 7) is 3.35. The first-order valence-corrected chi connectivity index (χ1v) is 9.80. The number of benzene rings is 1. The van der Waals surface area contributed by atoms with E-state index in [1.54, 1.807) is 13.3 Å². The molecule has 5 heteroatoms. The Morgan fingerprint density at radius 3 is 2.63 bits per heavy atom. The zero-order chi connectivity index (χ0) is 18.4. The summed E-state index contributed by atoms with van der Waals surface area (Å²) in [7, 11) is 1.76. The third kappa shape index (κ3) is 2.59. The van der Waals surface area contributed by atoms with Gasteiger partial charge in [-0.05, 0) is 50.0 Å². The van der Waals surface area contributed by atoms with Crippen LogP contribution in [0.25, 0.3) is 0 Å². The lowest BCUT2D eigenvalue weighted by molar-refractivity contribution is 0.0352. The Morgan fingerprint density at radius 2 is 1.93 bits per heavy atom.